The molecule has 0 atom stereocenters. The van der Waals surface area contributed by atoms with Crippen LogP contribution in [-0.2, 0) is 4.79 Å². The van der Waals surface area contributed by atoms with Crippen molar-refractivity contribution in [3.05, 3.63) is 23.8 Å². The Balaban J connectivity index is 3.01. The van der Waals surface area contributed by atoms with Crippen LogP contribution in [0.4, 0.5) is 5.69 Å². The van der Waals surface area contributed by atoms with Crippen molar-refractivity contribution < 1.29 is 14.7 Å². The van der Waals surface area contributed by atoms with Gasteiger partial charge < -0.3 is 26.7 Å². The molecule has 7 nitrogen and oxygen atoms in total. The molecule has 0 bridgehead atoms. The summed E-state index contributed by atoms with van der Waals surface area (Å²) in [6.45, 7) is -0.134. The average Bonchev–Trinajstić information content (AvgIpc) is 2.28. The summed E-state index contributed by atoms with van der Waals surface area (Å²) >= 11 is 0. The normalized spacial score (nSPS) is 9.41. The lowest BCUT2D eigenvalue weighted by atomic mass is 10.1. The molecular weight excluding hydrogens is 224 g/mol. The van der Waals surface area contributed by atoms with Crippen LogP contribution in [0.5, 0.6) is 5.75 Å². The predicted molar refractivity (Wildman–Crippen MR) is 62.0 cm³/mol. The maximum atomic E-state index is 11.5. The molecule has 7 heteroatoms. The summed E-state index contributed by atoms with van der Waals surface area (Å²) in [5, 5.41) is 11.8. The number of nitrogens with zero attached hydrogens (tertiary/aromatic N) is 1. The van der Waals surface area contributed by atoms with E-state index in [2.05, 4.69) is 10.3 Å². The van der Waals surface area contributed by atoms with E-state index in [4.69, 9.17) is 11.5 Å². The zero-order valence-corrected chi connectivity index (χ0v) is 8.88. The number of hydrogen-bond donors (Lipinski definition) is 4. The van der Waals surface area contributed by atoms with E-state index in [1.165, 1.54) is 18.2 Å². The lowest BCUT2D eigenvalue weighted by Crippen LogP contribution is -2.25. The predicted octanol–water partition coefficient (Wildman–Crippen LogP) is -0.774. The molecule has 1 aromatic rings. The Morgan fingerprint density at radius 3 is 2.76 bits per heavy atom. The van der Waals surface area contributed by atoms with Crippen LogP contribution in [0.2, 0.25) is 0 Å². The number of rotatable bonds is 4. The lowest BCUT2D eigenvalue weighted by Gasteiger charge is -2.05. The smallest absolute Gasteiger partial charge is 0.255 e. The molecule has 0 aliphatic carbocycles. The monoisotopic (exact) mass is 236 g/mol. The second-order valence-electron chi connectivity index (χ2n) is 3.11. The van der Waals surface area contributed by atoms with Gasteiger partial charge in [-0.05, 0) is 18.2 Å². The topological polar surface area (TPSA) is 131 Å². The maximum Gasteiger partial charge on any atom is 0.255 e. The first-order valence-corrected chi connectivity index (χ1v) is 4.69. The molecule has 1 aromatic carbocycles. The van der Waals surface area contributed by atoms with Gasteiger partial charge in [0.05, 0.1) is 17.8 Å². The van der Waals surface area contributed by atoms with Gasteiger partial charge in [-0.25, -0.2) is 4.99 Å². The molecule has 0 saturated carbocycles. The fraction of sp³-hybridized carbons (Fsp3) is 0.100. The Kier molecular flexibility index (Phi) is 4.04. The quantitative estimate of drug-likeness (QED) is 0.309. The van der Waals surface area contributed by atoms with E-state index in [0.717, 1.165) is 0 Å². The average molecular weight is 236 g/mol. The second-order valence-corrected chi connectivity index (χ2v) is 3.11. The molecule has 0 radical (unpaired) electrons. The van der Waals surface area contributed by atoms with Crippen molar-refractivity contribution in [1.82, 2.24) is 5.32 Å². The summed E-state index contributed by atoms with van der Waals surface area (Å²) in [5.74, 6) is -0.958. The zero-order valence-electron chi connectivity index (χ0n) is 8.88. The first-order valence-electron chi connectivity index (χ1n) is 4.69. The van der Waals surface area contributed by atoms with Gasteiger partial charge in [0.2, 0.25) is 0 Å². The third kappa shape index (κ3) is 3.49. The SMILES string of the molecule is NC(N)=Nc1ccc(O)c(C(=O)NCC=O)c1. The molecule has 0 aliphatic rings. The van der Waals surface area contributed by atoms with Crippen LogP contribution < -0.4 is 16.8 Å². The number of nitrogens with two attached hydrogens (primary N) is 2. The van der Waals surface area contributed by atoms with E-state index >= 15 is 0 Å². The van der Waals surface area contributed by atoms with E-state index < -0.39 is 5.91 Å². The number of aldehydes is 1. The Morgan fingerprint density at radius 2 is 2.18 bits per heavy atom. The van der Waals surface area contributed by atoms with Crippen molar-refractivity contribution in [2.75, 3.05) is 6.54 Å². The van der Waals surface area contributed by atoms with E-state index in [-0.39, 0.29) is 23.8 Å². The highest BCUT2D eigenvalue weighted by Gasteiger charge is 2.11. The van der Waals surface area contributed by atoms with Crippen LogP contribution in [0.1, 0.15) is 10.4 Å². The van der Waals surface area contributed by atoms with E-state index in [9.17, 15) is 14.7 Å². The van der Waals surface area contributed by atoms with E-state index in [1.54, 1.807) is 0 Å². The highest BCUT2D eigenvalue weighted by Crippen LogP contribution is 2.23. The molecule has 17 heavy (non-hydrogen) atoms. The summed E-state index contributed by atoms with van der Waals surface area (Å²) in [7, 11) is 0. The van der Waals surface area contributed by atoms with Crippen molar-refractivity contribution >= 4 is 23.8 Å². The first-order chi connectivity index (χ1) is 8.04. The number of phenols is 1. The van der Waals surface area contributed by atoms with Gasteiger partial charge in [-0.1, -0.05) is 0 Å². The zero-order chi connectivity index (χ0) is 12.8. The van der Waals surface area contributed by atoms with E-state index in [1.807, 2.05) is 0 Å². The summed E-state index contributed by atoms with van der Waals surface area (Å²) in [6.07, 6.45) is 0.537. The number of benzene rings is 1. The summed E-state index contributed by atoms with van der Waals surface area (Å²) in [6, 6.07) is 4.05. The standard InChI is InChI=1S/C10H12N4O3/c11-10(12)14-6-1-2-8(16)7(5-6)9(17)13-3-4-15/h1-2,4-5,16H,3H2,(H,13,17)(H4,11,12,14). The van der Waals surface area contributed by atoms with Crippen LogP contribution in [0.25, 0.3) is 0 Å². The highest BCUT2D eigenvalue weighted by atomic mass is 16.3. The summed E-state index contributed by atoms with van der Waals surface area (Å²) in [5.41, 5.74) is 10.7. The Hall–Kier alpha value is -2.57. The Bertz CT molecular complexity index is 467. The second kappa shape index (κ2) is 5.50. The maximum absolute atomic E-state index is 11.5. The summed E-state index contributed by atoms with van der Waals surface area (Å²) < 4.78 is 0. The molecule has 0 aromatic heterocycles. The van der Waals surface area contributed by atoms with Crippen molar-refractivity contribution in [3.63, 3.8) is 0 Å². The summed E-state index contributed by atoms with van der Waals surface area (Å²) in [4.78, 5) is 25.4. The van der Waals surface area contributed by atoms with E-state index in [0.29, 0.717) is 12.0 Å². The van der Waals surface area contributed by atoms with Gasteiger partial charge in [0.25, 0.3) is 5.91 Å². The van der Waals surface area contributed by atoms with Crippen molar-refractivity contribution in [3.8, 4) is 5.75 Å². The molecule has 90 valence electrons. The minimum atomic E-state index is -0.581. The number of guanidine groups is 1. The Labute approximate surface area is 97.1 Å². The third-order valence-corrected chi connectivity index (χ3v) is 1.83. The van der Waals surface area contributed by atoms with Gasteiger partial charge in [-0.3, -0.25) is 4.79 Å². The largest absolute Gasteiger partial charge is 0.507 e. The fourth-order valence-corrected chi connectivity index (χ4v) is 1.15. The molecule has 6 N–H and O–H groups in total. The fourth-order valence-electron chi connectivity index (χ4n) is 1.15. The van der Waals surface area contributed by atoms with Crippen LogP contribution in [0.3, 0.4) is 0 Å². The molecule has 1 rings (SSSR count). The molecule has 0 heterocycles. The van der Waals surface area contributed by atoms with Gasteiger partial charge in [0, 0.05) is 0 Å². The van der Waals surface area contributed by atoms with Gasteiger partial charge in [-0.15, -0.1) is 0 Å². The number of aliphatic imine (C=N–C) groups is 1. The van der Waals surface area contributed by atoms with Crippen LogP contribution in [0.15, 0.2) is 23.2 Å². The number of aromatic hydroxyl groups is 1. The number of nitrogens with one attached hydrogen (secondary N) is 1. The van der Waals surface area contributed by atoms with Crippen molar-refractivity contribution in [2.24, 2.45) is 16.5 Å². The minimum Gasteiger partial charge on any atom is -0.507 e. The highest BCUT2D eigenvalue weighted by molar-refractivity contribution is 5.98. The molecule has 0 fully saturated rings. The molecule has 0 unspecified atom stereocenters. The van der Waals surface area contributed by atoms with Gasteiger partial charge in [0.1, 0.15) is 12.0 Å². The number of amides is 1. The number of phenolic OH excluding ortho intramolecular Hbond substituents is 1. The van der Waals surface area contributed by atoms with Crippen LogP contribution >= 0.6 is 0 Å². The van der Waals surface area contributed by atoms with Crippen molar-refractivity contribution in [2.45, 2.75) is 0 Å². The molecular formula is C10H12N4O3. The Morgan fingerprint density at radius 1 is 1.47 bits per heavy atom. The van der Waals surface area contributed by atoms with Crippen LogP contribution in [-0.4, -0.2) is 29.8 Å². The molecule has 0 aliphatic heterocycles. The molecule has 0 saturated heterocycles. The number of hydrogen-bond acceptors (Lipinski definition) is 4. The molecule has 1 amide bonds. The third-order valence-electron chi connectivity index (χ3n) is 1.83. The number of carbonyl (C=O) groups excluding carboxylic acids is 2. The van der Waals surface area contributed by atoms with Crippen LogP contribution in [0, 0.1) is 0 Å². The van der Waals surface area contributed by atoms with Gasteiger partial charge in [0.15, 0.2) is 5.96 Å². The molecule has 0 spiro atoms. The first kappa shape index (κ1) is 12.5. The lowest BCUT2D eigenvalue weighted by molar-refractivity contribution is -0.107. The minimum absolute atomic E-state index is 0.00523. The van der Waals surface area contributed by atoms with Gasteiger partial charge in [-0.2, -0.15) is 0 Å². The van der Waals surface area contributed by atoms with Crippen molar-refractivity contribution in [1.29, 1.82) is 0 Å². The van der Waals surface area contributed by atoms with Gasteiger partial charge >= 0.3 is 0 Å². The number of carbonyl (C=O) groups is 2.